The molecule has 0 aliphatic carbocycles. The zero-order valence-corrected chi connectivity index (χ0v) is 22.1. The Morgan fingerprint density at radius 1 is 1.00 bits per heavy atom. The van der Waals surface area contributed by atoms with Gasteiger partial charge in [-0.3, -0.25) is 14.6 Å². The molecule has 1 amide bonds. The van der Waals surface area contributed by atoms with Gasteiger partial charge in [0.2, 0.25) is 0 Å². The van der Waals surface area contributed by atoms with E-state index in [2.05, 4.69) is 4.90 Å². The highest BCUT2D eigenvalue weighted by molar-refractivity contribution is 7.22. The third-order valence-corrected chi connectivity index (χ3v) is 7.00. The van der Waals surface area contributed by atoms with E-state index >= 15 is 0 Å². The van der Waals surface area contributed by atoms with Gasteiger partial charge >= 0.3 is 0 Å². The van der Waals surface area contributed by atoms with Crippen LogP contribution in [-0.2, 0) is 4.74 Å². The fourth-order valence-corrected chi connectivity index (χ4v) is 5.18. The Hall–Kier alpha value is -3.08. The molecule has 0 spiro atoms. The maximum atomic E-state index is 13.9. The third-order valence-electron chi connectivity index (χ3n) is 5.91. The molecule has 3 aromatic rings. The lowest BCUT2D eigenvalue weighted by atomic mass is 10.1. The number of hydrogen-bond acceptors (Lipinski definition) is 9. The SMILES string of the molecule is CCOc1ccc(C(=O)N(CCN2CCOCC2)c2nc3c(OC)ccc(OC)c3s2)cc1OCC. The second-order valence-corrected chi connectivity index (χ2v) is 9.06. The number of hydrogen-bond donors (Lipinski definition) is 0. The number of ether oxygens (including phenoxy) is 5. The normalized spacial score (nSPS) is 14.0. The van der Waals surface area contributed by atoms with Crippen molar-refractivity contribution in [3.63, 3.8) is 0 Å². The minimum absolute atomic E-state index is 0.163. The van der Waals surface area contributed by atoms with E-state index in [0.29, 0.717) is 78.7 Å². The highest BCUT2D eigenvalue weighted by atomic mass is 32.1. The van der Waals surface area contributed by atoms with Gasteiger partial charge in [-0.1, -0.05) is 11.3 Å². The summed E-state index contributed by atoms with van der Waals surface area (Å²) >= 11 is 1.41. The van der Waals surface area contributed by atoms with Crippen LogP contribution in [0.25, 0.3) is 10.2 Å². The Morgan fingerprint density at radius 3 is 2.36 bits per heavy atom. The number of aromatic nitrogens is 1. The van der Waals surface area contributed by atoms with E-state index in [4.69, 9.17) is 28.7 Å². The fraction of sp³-hybridized carbons (Fsp3) is 0.462. The highest BCUT2D eigenvalue weighted by Crippen LogP contribution is 2.40. The molecule has 1 aromatic heterocycles. The van der Waals surface area contributed by atoms with Gasteiger partial charge < -0.3 is 23.7 Å². The van der Waals surface area contributed by atoms with E-state index in [1.54, 1.807) is 37.3 Å². The van der Waals surface area contributed by atoms with Gasteiger partial charge in [0.1, 0.15) is 21.7 Å². The van der Waals surface area contributed by atoms with Gasteiger partial charge in [-0.25, -0.2) is 4.98 Å². The molecular weight excluding hydrogens is 482 g/mol. The standard InChI is InChI=1S/C26H33N3O6S/c1-5-34-19-8-7-18(17-22(19)35-6-2)25(30)29(12-11-28-13-15-33-16-14-28)26-27-23-20(31-3)9-10-21(32-4)24(23)36-26/h7-10,17H,5-6,11-16H2,1-4H3. The topological polar surface area (TPSA) is 82.6 Å². The molecule has 1 saturated heterocycles. The first kappa shape index (κ1) is 26.0. The maximum Gasteiger partial charge on any atom is 0.260 e. The average molecular weight is 516 g/mol. The van der Waals surface area contributed by atoms with Crippen LogP contribution in [0.2, 0.25) is 0 Å². The van der Waals surface area contributed by atoms with E-state index in [1.807, 2.05) is 26.0 Å². The number of amides is 1. The summed E-state index contributed by atoms with van der Waals surface area (Å²) in [5.74, 6) is 2.32. The highest BCUT2D eigenvalue weighted by Gasteiger charge is 2.25. The van der Waals surface area contributed by atoms with Crippen LogP contribution in [0.5, 0.6) is 23.0 Å². The lowest BCUT2D eigenvalue weighted by Gasteiger charge is -2.29. The zero-order chi connectivity index (χ0) is 25.5. The molecule has 0 atom stereocenters. The summed E-state index contributed by atoms with van der Waals surface area (Å²) < 4.78 is 28.8. The van der Waals surface area contributed by atoms with E-state index < -0.39 is 0 Å². The molecule has 10 heteroatoms. The number of carbonyl (C=O) groups excluding carboxylic acids is 1. The van der Waals surface area contributed by atoms with E-state index in [9.17, 15) is 4.79 Å². The number of anilines is 1. The van der Waals surface area contributed by atoms with Crippen LogP contribution < -0.4 is 23.8 Å². The van der Waals surface area contributed by atoms with Crippen LogP contribution in [-0.4, -0.2) is 82.6 Å². The van der Waals surface area contributed by atoms with Crippen molar-refractivity contribution in [3.8, 4) is 23.0 Å². The number of rotatable bonds is 11. The van der Waals surface area contributed by atoms with Crippen LogP contribution in [0.4, 0.5) is 5.13 Å². The summed E-state index contributed by atoms with van der Waals surface area (Å²) in [6, 6.07) is 8.97. The van der Waals surface area contributed by atoms with Gasteiger partial charge in [0, 0.05) is 31.7 Å². The zero-order valence-electron chi connectivity index (χ0n) is 21.2. The van der Waals surface area contributed by atoms with Gasteiger partial charge in [-0.15, -0.1) is 0 Å². The van der Waals surface area contributed by atoms with Gasteiger partial charge in [-0.05, 0) is 44.2 Å². The van der Waals surface area contributed by atoms with Crippen molar-refractivity contribution in [2.45, 2.75) is 13.8 Å². The Bertz CT molecular complexity index is 1140. The number of morpholine rings is 1. The monoisotopic (exact) mass is 515 g/mol. The number of benzene rings is 2. The molecule has 0 unspecified atom stereocenters. The van der Waals surface area contributed by atoms with Crippen molar-refractivity contribution >= 4 is 32.6 Å². The molecule has 0 N–H and O–H groups in total. The Kier molecular flexibility index (Phi) is 8.84. The molecule has 2 heterocycles. The van der Waals surface area contributed by atoms with Crippen LogP contribution in [0.3, 0.4) is 0 Å². The largest absolute Gasteiger partial charge is 0.495 e. The quantitative estimate of drug-likeness (QED) is 0.378. The van der Waals surface area contributed by atoms with Crippen LogP contribution in [0.1, 0.15) is 24.2 Å². The van der Waals surface area contributed by atoms with E-state index in [-0.39, 0.29) is 5.91 Å². The summed E-state index contributed by atoms with van der Waals surface area (Å²) in [6.07, 6.45) is 0. The number of nitrogens with zero attached hydrogens (tertiary/aromatic N) is 3. The molecule has 4 rings (SSSR count). The van der Waals surface area contributed by atoms with Crippen LogP contribution in [0, 0.1) is 0 Å². The average Bonchev–Trinajstić information content (AvgIpc) is 3.35. The van der Waals surface area contributed by atoms with Crippen molar-refractivity contribution < 1.29 is 28.5 Å². The molecule has 0 bridgehead atoms. The summed E-state index contributed by atoms with van der Waals surface area (Å²) in [6.45, 7) is 9.03. The molecule has 0 saturated carbocycles. The summed E-state index contributed by atoms with van der Waals surface area (Å²) in [4.78, 5) is 22.8. The molecule has 2 aromatic carbocycles. The lowest BCUT2D eigenvalue weighted by molar-refractivity contribution is 0.0391. The third kappa shape index (κ3) is 5.66. The lowest BCUT2D eigenvalue weighted by Crippen LogP contribution is -2.43. The van der Waals surface area contributed by atoms with Crippen LogP contribution >= 0.6 is 11.3 Å². The molecule has 9 nitrogen and oxygen atoms in total. The van der Waals surface area contributed by atoms with Gasteiger partial charge in [-0.2, -0.15) is 0 Å². The molecule has 36 heavy (non-hydrogen) atoms. The molecule has 194 valence electrons. The Labute approximate surface area is 215 Å². The Morgan fingerprint density at radius 2 is 1.67 bits per heavy atom. The van der Waals surface area contributed by atoms with Gasteiger partial charge in [0.15, 0.2) is 16.6 Å². The smallest absolute Gasteiger partial charge is 0.260 e. The minimum Gasteiger partial charge on any atom is -0.495 e. The number of carbonyl (C=O) groups is 1. The molecule has 1 aliphatic rings. The van der Waals surface area contributed by atoms with Crippen molar-refractivity contribution in [2.75, 3.05) is 71.7 Å². The van der Waals surface area contributed by atoms with E-state index in [0.717, 1.165) is 17.8 Å². The summed E-state index contributed by atoms with van der Waals surface area (Å²) in [5.41, 5.74) is 1.17. The molecular formula is C26H33N3O6S. The number of thiazole rings is 1. The predicted molar refractivity (Wildman–Crippen MR) is 140 cm³/mol. The Balaban J connectivity index is 1.72. The summed E-state index contributed by atoms with van der Waals surface area (Å²) in [5, 5.41) is 0.581. The maximum absolute atomic E-state index is 13.9. The van der Waals surface area contributed by atoms with Gasteiger partial charge in [0.05, 0.1) is 40.6 Å². The second-order valence-electron chi connectivity index (χ2n) is 8.08. The van der Waals surface area contributed by atoms with Gasteiger partial charge in [0.25, 0.3) is 5.91 Å². The number of methoxy groups -OCH3 is 2. The second kappa shape index (κ2) is 12.2. The minimum atomic E-state index is -0.163. The first-order valence-corrected chi connectivity index (χ1v) is 12.9. The first-order chi connectivity index (χ1) is 17.6. The molecule has 1 fully saturated rings. The summed E-state index contributed by atoms with van der Waals surface area (Å²) in [7, 11) is 3.23. The first-order valence-electron chi connectivity index (χ1n) is 12.1. The van der Waals surface area contributed by atoms with Crippen molar-refractivity contribution in [2.24, 2.45) is 0 Å². The number of fused-ring (bicyclic) bond motifs is 1. The fourth-order valence-electron chi connectivity index (χ4n) is 4.08. The van der Waals surface area contributed by atoms with Crippen molar-refractivity contribution in [3.05, 3.63) is 35.9 Å². The van der Waals surface area contributed by atoms with E-state index in [1.165, 1.54) is 11.3 Å². The van der Waals surface area contributed by atoms with Crippen LogP contribution in [0.15, 0.2) is 30.3 Å². The van der Waals surface area contributed by atoms with Crippen molar-refractivity contribution in [1.82, 2.24) is 9.88 Å². The molecule has 1 aliphatic heterocycles. The predicted octanol–water partition coefficient (Wildman–Crippen LogP) is 4.09. The van der Waals surface area contributed by atoms with Crippen molar-refractivity contribution in [1.29, 1.82) is 0 Å². The molecule has 0 radical (unpaired) electrons.